The van der Waals surface area contributed by atoms with Crippen molar-refractivity contribution in [2.45, 2.75) is 64.6 Å². The fourth-order valence-corrected chi connectivity index (χ4v) is 5.27. The number of nitrogens with two attached hydrogens (primary N) is 1. The van der Waals surface area contributed by atoms with Crippen molar-refractivity contribution in [3.05, 3.63) is 35.0 Å². The topological polar surface area (TPSA) is 124 Å². The molecule has 5 rings (SSSR count). The minimum atomic E-state index is 0.0367. The van der Waals surface area contributed by atoms with Crippen LogP contribution in [-0.4, -0.2) is 70.4 Å². The van der Waals surface area contributed by atoms with Crippen molar-refractivity contribution in [3.63, 3.8) is 0 Å². The molecule has 2 aromatic heterocycles. The maximum Gasteiger partial charge on any atom is 0.222 e. The normalized spacial score (nSPS) is 16.1. The SMILES string of the molecule is CCCCN(CCO)c1nc(N)nc2cn(Cc3ccc(CNC4CCOCC4)c4c3OCCC4)nc12. The second kappa shape index (κ2) is 12.1. The number of nitrogens with one attached hydrogen (secondary N) is 1. The van der Waals surface area contributed by atoms with Crippen LogP contribution in [0.25, 0.3) is 11.0 Å². The quantitative estimate of drug-likeness (QED) is 0.358. The number of aliphatic hydroxyl groups excluding tert-OH is 1. The van der Waals surface area contributed by atoms with Gasteiger partial charge in [-0.15, -0.1) is 0 Å². The molecule has 0 atom stereocenters. The summed E-state index contributed by atoms with van der Waals surface area (Å²) in [7, 11) is 0. The van der Waals surface area contributed by atoms with E-state index in [1.54, 1.807) is 0 Å². The van der Waals surface area contributed by atoms with Gasteiger partial charge in [0.05, 0.1) is 26.0 Å². The molecule has 1 saturated heterocycles. The number of rotatable bonds is 11. The second-order valence-corrected chi connectivity index (χ2v) is 9.94. The first-order valence-electron chi connectivity index (χ1n) is 13.6. The van der Waals surface area contributed by atoms with E-state index >= 15 is 0 Å². The van der Waals surface area contributed by atoms with E-state index in [0.29, 0.717) is 36.0 Å². The molecule has 10 heteroatoms. The number of aromatic nitrogens is 4. The smallest absolute Gasteiger partial charge is 0.222 e. The van der Waals surface area contributed by atoms with Gasteiger partial charge in [0.15, 0.2) is 11.3 Å². The number of fused-ring (bicyclic) bond motifs is 2. The number of nitrogen functional groups attached to an aromatic ring is 1. The molecule has 10 nitrogen and oxygen atoms in total. The van der Waals surface area contributed by atoms with Gasteiger partial charge in [0.25, 0.3) is 0 Å². The lowest BCUT2D eigenvalue weighted by molar-refractivity contribution is 0.0775. The van der Waals surface area contributed by atoms with Crippen LogP contribution in [0.15, 0.2) is 18.3 Å². The molecule has 2 aliphatic heterocycles. The highest BCUT2D eigenvalue weighted by atomic mass is 16.5. The number of ether oxygens (including phenoxy) is 2. The Kier molecular flexibility index (Phi) is 8.38. The summed E-state index contributed by atoms with van der Waals surface area (Å²) in [5.74, 6) is 1.88. The Morgan fingerprint density at radius 3 is 2.81 bits per heavy atom. The highest BCUT2D eigenvalue weighted by Gasteiger charge is 2.22. The molecule has 0 aliphatic carbocycles. The van der Waals surface area contributed by atoms with Gasteiger partial charge in [-0.2, -0.15) is 10.1 Å². The van der Waals surface area contributed by atoms with Crippen molar-refractivity contribution in [2.75, 3.05) is 50.2 Å². The molecule has 2 aliphatic rings. The van der Waals surface area contributed by atoms with E-state index < -0.39 is 0 Å². The van der Waals surface area contributed by atoms with E-state index in [1.165, 1.54) is 11.1 Å². The summed E-state index contributed by atoms with van der Waals surface area (Å²) in [4.78, 5) is 11.0. The number of hydrogen-bond acceptors (Lipinski definition) is 9. The summed E-state index contributed by atoms with van der Waals surface area (Å²) in [6.45, 7) is 7.26. The first-order valence-corrected chi connectivity index (χ1v) is 13.6. The average molecular weight is 510 g/mol. The number of unbranched alkanes of at least 4 members (excludes halogenated alkanes) is 1. The van der Waals surface area contributed by atoms with Gasteiger partial charge in [-0.05, 0) is 43.2 Å². The van der Waals surface area contributed by atoms with E-state index in [9.17, 15) is 5.11 Å². The third kappa shape index (κ3) is 5.97. The minimum absolute atomic E-state index is 0.0367. The molecular weight excluding hydrogens is 470 g/mol. The highest BCUT2D eigenvalue weighted by Crippen LogP contribution is 2.33. The molecule has 37 heavy (non-hydrogen) atoms. The highest BCUT2D eigenvalue weighted by molar-refractivity contribution is 5.86. The lowest BCUT2D eigenvalue weighted by Gasteiger charge is -2.26. The summed E-state index contributed by atoms with van der Waals surface area (Å²) in [6.07, 6.45) is 8.14. The molecule has 4 N–H and O–H groups in total. The Labute approximate surface area is 218 Å². The molecular formula is C27H39N7O3. The van der Waals surface area contributed by atoms with Gasteiger partial charge >= 0.3 is 0 Å². The van der Waals surface area contributed by atoms with Crippen LogP contribution in [0, 0.1) is 0 Å². The molecule has 0 spiro atoms. The predicted molar refractivity (Wildman–Crippen MR) is 144 cm³/mol. The van der Waals surface area contributed by atoms with Gasteiger partial charge in [0, 0.05) is 44.5 Å². The zero-order chi connectivity index (χ0) is 25.6. The number of aliphatic hydroxyl groups is 1. The predicted octanol–water partition coefficient (Wildman–Crippen LogP) is 2.65. The van der Waals surface area contributed by atoms with E-state index in [-0.39, 0.29) is 12.6 Å². The number of anilines is 2. The van der Waals surface area contributed by atoms with Crippen LogP contribution in [0.3, 0.4) is 0 Å². The lowest BCUT2D eigenvalue weighted by atomic mass is 9.96. The van der Waals surface area contributed by atoms with Crippen LogP contribution in [0.5, 0.6) is 5.75 Å². The number of nitrogens with zero attached hydrogens (tertiary/aromatic N) is 5. The first kappa shape index (κ1) is 25.7. The Morgan fingerprint density at radius 2 is 2.00 bits per heavy atom. The standard InChI is InChI=1S/C27H39N7O3/c1-2-3-10-33(11-12-35)26-24-23(30-27(28)31-26)18-34(32-24)17-20-7-6-19(22-5-4-13-37-25(20)22)16-29-21-8-14-36-15-9-21/h6-7,18,21,29,35H,2-5,8-17H2,1H3,(H2,28,30). The zero-order valence-corrected chi connectivity index (χ0v) is 21.8. The molecule has 200 valence electrons. The summed E-state index contributed by atoms with van der Waals surface area (Å²) in [6, 6.07) is 4.91. The maximum atomic E-state index is 9.62. The molecule has 0 unspecified atom stereocenters. The third-order valence-corrected chi connectivity index (χ3v) is 7.25. The Bertz CT molecular complexity index is 1190. The van der Waals surface area contributed by atoms with E-state index in [1.807, 2.05) is 15.8 Å². The van der Waals surface area contributed by atoms with E-state index in [2.05, 4.69) is 34.3 Å². The fraction of sp³-hybridized carbons (Fsp3) is 0.593. The van der Waals surface area contributed by atoms with Crippen LogP contribution >= 0.6 is 0 Å². The third-order valence-electron chi connectivity index (χ3n) is 7.25. The Morgan fingerprint density at radius 1 is 1.16 bits per heavy atom. The van der Waals surface area contributed by atoms with Crippen molar-refractivity contribution in [3.8, 4) is 5.75 Å². The van der Waals surface area contributed by atoms with Crippen LogP contribution in [0.2, 0.25) is 0 Å². The largest absolute Gasteiger partial charge is 0.493 e. The summed E-state index contributed by atoms with van der Waals surface area (Å²) in [5, 5.41) is 18.2. The summed E-state index contributed by atoms with van der Waals surface area (Å²) < 4.78 is 13.6. The Balaban J connectivity index is 1.40. The monoisotopic (exact) mass is 509 g/mol. The maximum absolute atomic E-state index is 9.62. The molecule has 0 amide bonds. The van der Waals surface area contributed by atoms with Crippen molar-refractivity contribution in [2.24, 2.45) is 0 Å². The molecule has 0 saturated carbocycles. The molecule has 1 fully saturated rings. The van der Waals surface area contributed by atoms with E-state index in [4.69, 9.17) is 20.3 Å². The molecule has 4 heterocycles. The van der Waals surface area contributed by atoms with Gasteiger partial charge in [-0.25, -0.2) is 4.98 Å². The van der Waals surface area contributed by atoms with Crippen molar-refractivity contribution >= 4 is 22.8 Å². The number of benzene rings is 1. The van der Waals surface area contributed by atoms with E-state index in [0.717, 1.165) is 82.7 Å². The second-order valence-electron chi connectivity index (χ2n) is 9.94. The summed E-state index contributed by atoms with van der Waals surface area (Å²) >= 11 is 0. The van der Waals surface area contributed by atoms with Gasteiger partial charge < -0.3 is 30.5 Å². The first-order chi connectivity index (χ1) is 18.2. The summed E-state index contributed by atoms with van der Waals surface area (Å²) in [5.41, 5.74) is 11.2. The molecule has 3 aromatic rings. The van der Waals surface area contributed by atoms with Crippen LogP contribution < -0.4 is 20.7 Å². The lowest BCUT2D eigenvalue weighted by Crippen LogP contribution is -2.34. The number of hydrogen-bond donors (Lipinski definition) is 3. The zero-order valence-electron chi connectivity index (χ0n) is 21.8. The molecule has 0 bridgehead atoms. The van der Waals surface area contributed by atoms with Crippen LogP contribution in [0.1, 0.15) is 55.7 Å². The van der Waals surface area contributed by atoms with Crippen molar-refractivity contribution < 1.29 is 14.6 Å². The van der Waals surface area contributed by atoms with Crippen LogP contribution in [-0.2, 0) is 24.2 Å². The molecule has 1 aromatic carbocycles. The van der Waals surface area contributed by atoms with Crippen molar-refractivity contribution in [1.29, 1.82) is 0 Å². The average Bonchev–Trinajstić information content (AvgIpc) is 3.33. The van der Waals surface area contributed by atoms with Gasteiger partial charge in [-0.3, -0.25) is 4.68 Å². The van der Waals surface area contributed by atoms with Crippen LogP contribution in [0.4, 0.5) is 11.8 Å². The van der Waals surface area contributed by atoms with Gasteiger partial charge in [-0.1, -0.05) is 25.5 Å². The minimum Gasteiger partial charge on any atom is -0.493 e. The van der Waals surface area contributed by atoms with Gasteiger partial charge in [0.1, 0.15) is 11.3 Å². The Hall–Kier alpha value is -2.95. The van der Waals surface area contributed by atoms with Gasteiger partial charge in [0.2, 0.25) is 5.95 Å². The fourth-order valence-electron chi connectivity index (χ4n) is 5.27. The molecule has 0 radical (unpaired) electrons. The van der Waals surface area contributed by atoms with Crippen molar-refractivity contribution in [1.82, 2.24) is 25.1 Å².